The monoisotopic (exact) mass is 286 g/mol. The van der Waals surface area contributed by atoms with Crippen LogP contribution in [0.3, 0.4) is 0 Å². The Hall–Kier alpha value is -1.76. The molecule has 0 aromatic heterocycles. The molecule has 1 rings (SSSR count). The van der Waals surface area contributed by atoms with E-state index in [1.807, 2.05) is 0 Å². The lowest BCUT2D eigenvalue weighted by Crippen LogP contribution is -2.24. The molecule has 0 aliphatic carbocycles. The second-order valence-corrected chi connectivity index (χ2v) is 6.10. The van der Waals surface area contributed by atoms with Gasteiger partial charge in [-0.1, -0.05) is 6.92 Å². The van der Waals surface area contributed by atoms with Gasteiger partial charge in [0.05, 0.1) is 29.0 Å². The Morgan fingerprint density at radius 3 is 2.47 bits per heavy atom. The number of sulfone groups is 1. The number of hydrogen-bond donors (Lipinski definition) is 2. The van der Waals surface area contributed by atoms with E-state index in [0.29, 0.717) is 6.54 Å². The largest absolute Gasteiger partial charge is 0.496 e. The third-order valence-corrected chi connectivity index (χ3v) is 4.41. The molecule has 1 aromatic rings. The molecule has 0 bridgehead atoms. The van der Waals surface area contributed by atoms with Crippen molar-refractivity contribution in [3.63, 3.8) is 0 Å². The highest BCUT2D eigenvalue weighted by Crippen LogP contribution is 2.29. The summed E-state index contributed by atoms with van der Waals surface area (Å²) in [6.45, 7) is 3.72. The van der Waals surface area contributed by atoms with Crippen LogP contribution in [0, 0.1) is 0 Å². The van der Waals surface area contributed by atoms with Crippen LogP contribution in [-0.4, -0.2) is 33.7 Å². The molecule has 0 spiro atoms. The van der Waals surface area contributed by atoms with E-state index in [9.17, 15) is 13.2 Å². The van der Waals surface area contributed by atoms with Crippen molar-refractivity contribution >= 4 is 21.4 Å². The van der Waals surface area contributed by atoms with E-state index in [0.717, 1.165) is 0 Å². The summed E-state index contributed by atoms with van der Waals surface area (Å²) in [7, 11) is -2.09. The molecule has 0 aliphatic heterocycles. The van der Waals surface area contributed by atoms with Gasteiger partial charge in [0.25, 0.3) is 5.91 Å². The Morgan fingerprint density at radius 1 is 1.37 bits per heavy atom. The summed E-state index contributed by atoms with van der Waals surface area (Å²) in [5.74, 6) is -0.233. The maximum absolute atomic E-state index is 11.9. The maximum atomic E-state index is 11.9. The number of carbonyl (C=O) groups is 1. The third kappa shape index (κ3) is 3.17. The van der Waals surface area contributed by atoms with Gasteiger partial charge >= 0.3 is 0 Å². The van der Waals surface area contributed by atoms with Crippen LogP contribution in [0.1, 0.15) is 24.2 Å². The predicted molar refractivity (Wildman–Crippen MR) is 73.1 cm³/mol. The zero-order valence-corrected chi connectivity index (χ0v) is 12.0. The van der Waals surface area contributed by atoms with E-state index < -0.39 is 15.7 Å². The van der Waals surface area contributed by atoms with Gasteiger partial charge in [-0.05, 0) is 13.0 Å². The van der Waals surface area contributed by atoms with Crippen molar-refractivity contribution < 1.29 is 17.9 Å². The predicted octanol–water partition coefficient (Wildman–Crippen LogP) is 0.821. The van der Waals surface area contributed by atoms with Crippen LogP contribution in [0.15, 0.2) is 17.0 Å². The molecule has 0 saturated carbocycles. The topological polar surface area (TPSA) is 98.5 Å². The molecule has 1 aromatic carbocycles. The third-order valence-electron chi connectivity index (χ3n) is 2.63. The molecule has 0 radical (unpaired) electrons. The molecule has 0 atom stereocenters. The van der Waals surface area contributed by atoms with Gasteiger partial charge < -0.3 is 15.8 Å². The zero-order chi connectivity index (χ0) is 14.6. The summed E-state index contributed by atoms with van der Waals surface area (Å²) in [5.41, 5.74) is 5.94. The summed E-state index contributed by atoms with van der Waals surface area (Å²) in [4.78, 5) is 11.8. The van der Waals surface area contributed by atoms with Crippen LogP contribution in [0.2, 0.25) is 0 Å². The first-order valence-electron chi connectivity index (χ1n) is 5.85. The lowest BCUT2D eigenvalue weighted by atomic mass is 10.1. The number of amides is 1. The van der Waals surface area contributed by atoms with E-state index in [1.165, 1.54) is 26.2 Å². The minimum Gasteiger partial charge on any atom is -0.496 e. The van der Waals surface area contributed by atoms with Crippen LogP contribution < -0.4 is 15.8 Å². The number of rotatable bonds is 5. The Labute approximate surface area is 112 Å². The van der Waals surface area contributed by atoms with Crippen molar-refractivity contribution in [3.05, 3.63) is 17.7 Å². The minimum absolute atomic E-state index is 0.0444. The van der Waals surface area contributed by atoms with Gasteiger partial charge in [0.15, 0.2) is 9.84 Å². The van der Waals surface area contributed by atoms with Crippen LogP contribution in [0.25, 0.3) is 0 Å². The Balaban J connectivity index is 3.46. The summed E-state index contributed by atoms with van der Waals surface area (Å²) in [6.07, 6.45) is 0. The number of nitrogens with two attached hydrogens (primary N) is 1. The Kier molecular flexibility index (Phi) is 4.77. The first-order chi connectivity index (χ1) is 8.87. The number of ether oxygens (including phenoxy) is 1. The molecule has 6 nitrogen and oxygen atoms in total. The van der Waals surface area contributed by atoms with Crippen molar-refractivity contribution in [3.8, 4) is 5.75 Å². The molecule has 0 saturated heterocycles. The number of anilines is 1. The number of hydrogen-bond acceptors (Lipinski definition) is 5. The highest BCUT2D eigenvalue weighted by atomic mass is 32.2. The zero-order valence-electron chi connectivity index (χ0n) is 11.2. The number of benzene rings is 1. The molecule has 7 heteroatoms. The van der Waals surface area contributed by atoms with Crippen LogP contribution >= 0.6 is 0 Å². The Bertz CT molecular complexity index is 582. The number of methoxy groups -OCH3 is 1. The molecule has 0 fully saturated rings. The number of nitrogen functional groups attached to an aromatic ring is 1. The van der Waals surface area contributed by atoms with E-state index >= 15 is 0 Å². The van der Waals surface area contributed by atoms with E-state index in [-0.39, 0.29) is 27.6 Å². The van der Waals surface area contributed by atoms with Gasteiger partial charge in [-0.3, -0.25) is 4.79 Å². The molecule has 106 valence electrons. The van der Waals surface area contributed by atoms with Crippen molar-refractivity contribution in [2.75, 3.05) is 25.1 Å². The fraction of sp³-hybridized carbons (Fsp3) is 0.417. The quantitative estimate of drug-likeness (QED) is 0.781. The van der Waals surface area contributed by atoms with Crippen molar-refractivity contribution in [2.24, 2.45) is 0 Å². The molecule has 0 unspecified atom stereocenters. The maximum Gasteiger partial charge on any atom is 0.255 e. The van der Waals surface area contributed by atoms with Gasteiger partial charge in [0.1, 0.15) is 5.75 Å². The lowest BCUT2D eigenvalue weighted by molar-refractivity contribution is 0.0952. The van der Waals surface area contributed by atoms with E-state index in [1.54, 1.807) is 6.92 Å². The average Bonchev–Trinajstić information content (AvgIpc) is 2.38. The van der Waals surface area contributed by atoms with Crippen LogP contribution in [0.5, 0.6) is 5.75 Å². The summed E-state index contributed by atoms with van der Waals surface area (Å²) < 4.78 is 28.9. The fourth-order valence-corrected chi connectivity index (χ4v) is 2.63. The minimum atomic E-state index is -3.49. The van der Waals surface area contributed by atoms with E-state index in [2.05, 4.69) is 5.32 Å². The molecule has 3 N–H and O–H groups in total. The number of nitrogens with one attached hydrogen (secondary N) is 1. The highest BCUT2D eigenvalue weighted by molar-refractivity contribution is 7.91. The van der Waals surface area contributed by atoms with Gasteiger partial charge in [-0.25, -0.2) is 8.42 Å². The molecule has 0 aliphatic rings. The van der Waals surface area contributed by atoms with Gasteiger partial charge in [-0.2, -0.15) is 0 Å². The summed E-state index contributed by atoms with van der Waals surface area (Å²) >= 11 is 0. The Morgan fingerprint density at radius 2 is 2.00 bits per heavy atom. The smallest absolute Gasteiger partial charge is 0.255 e. The first kappa shape index (κ1) is 15.3. The van der Waals surface area contributed by atoms with Crippen LogP contribution in [0.4, 0.5) is 5.69 Å². The van der Waals surface area contributed by atoms with Crippen molar-refractivity contribution in [2.45, 2.75) is 18.7 Å². The van der Waals surface area contributed by atoms with Crippen LogP contribution in [-0.2, 0) is 9.84 Å². The molecule has 19 heavy (non-hydrogen) atoms. The molecule has 0 heterocycles. The first-order valence-corrected chi connectivity index (χ1v) is 7.51. The van der Waals surface area contributed by atoms with Gasteiger partial charge in [0.2, 0.25) is 0 Å². The van der Waals surface area contributed by atoms with Crippen molar-refractivity contribution in [1.82, 2.24) is 5.32 Å². The van der Waals surface area contributed by atoms with Gasteiger partial charge in [0, 0.05) is 12.6 Å². The van der Waals surface area contributed by atoms with E-state index in [4.69, 9.17) is 10.5 Å². The SMILES string of the molecule is CCNC(=O)c1cc(S(=O)(=O)CC)c(N)cc1OC. The average molecular weight is 286 g/mol. The lowest BCUT2D eigenvalue weighted by Gasteiger charge is -2.13. The second kappa shape index (κ2) is 5.92. The highest BCUT2D eigenvalue weighted by Gasteiger charge is 2.21. The molecule has 1 amide bonds. The second-order valence-electron chi connectivity index (χ2n) is 3.85. The van der Waals surface area contributed by atoms with Crippen molar-refractivity contribution in [1.29, 1.82) is 0 Å². The number of carbonyl (C=O) groups excluding carboxylic acids is 1. The van der Waals surface area contributed by atoms with Gasteiger partial charge in [-0.15, -0.1) is 0 Å². The summed E-state index contributed by atoms with van der Waals surface area (Å²) in [5, 5.41) is 2.60. The molecular weight excluding hydrogens is 268 g/mol. The standard InChI is InChI=1S/C12H18N2O4S/c1-4-14-12(15)8-6-11(19(16,17)5-2)9(13)7-10(8)18-3/h6-7H,4-5,13H2,1-3H3,(H,14,15). The molecular formula is C12H18N2O4S. The normalized spacial score (nSPS) is 11.1. The fourth-order valence-electron chi connectivity index (χ4n) is 1.60. The summed E-state index contributed by atoms with van der Waals surface area (Å²) in [6, 6.07) is 2.62.